The molecule has 2 aromatic carbocycles. The molecule has 1 aliphatic rings. The Kier molecular flexibility index (Phi) is 4.96. The van der Waals surface area contributed by atoms with Crippen LogP contribution in [0.3, 0.4) is 0 Å². The Morgan fingerprint density at radius 3 is 2.29 bits per heavy atom. The van der Waals surface area contributed by atoms with Gasteiger partial charge in [0.15, 0.2) is 0 Å². The molecule has 0 unspecified atom stereocenters. The van der Waals surface area contributed by atoms with Crippen molar-refractivity contribution in [2.75, 3.05) is 28.2 Å². The number of nitrogens with one attached hydrogen (secondary N) is 1. The molecule has 3 N–H and O–H groups in total. The lowest BCUT2D eigenvalue weighted by atomic mass is 10.2. The van der Waals surface area contributed by atoms with E-state index in [1.807, 2.05) is 25.1 Å². The van der Waals surface area contributed by atoms with Gasteiger partial charge in [0.2, 0.25) is 0 Å². The summed E-state index contributed by atoms with van der Waals surface area (Å²) in [6.45, 7) is 4.15. The molecule has 1 aliphatic heterocycles. The minimum Gasteiger partial charge on any atom is -0.317 e. The highest BCUT2D eigenvalue weighted by atomic mass is 32.3. The van der Waals surface area contributed by atoms with Crippen molar-refractivity contribution >= 4 is 28.0 Å². The third kappa shape index (κ3) is 2.95. The van der Waals surface area contributed by atoms with E-state index in [1.54, 1.807) is 28.6 Å². The van der Waals surface area contributed by atoms with Crippen LogP contribution in [0.25, 0.3) is 0 Å². The van der Waals surface area contributed by atoms with E-state index in [2.05, 4.69) is 5.32 Å². The molecule has 1 heterocycles. The summed E-state index contributed by atoms with van der Waals surface area (Å²) in [5.41, 5.74) is 1.47. The summed E-state index contributed by atoms with van der Waals surface area (Å²) in [5.74, 6) is -0.484. The average molecular weight is 351 g/mol. The number of fused-ring (bicyclic) bond motifs is 1. The Hall–Kier alpha value is -1.80. The second-order valence-electron chi connectivity index (χ2n) is 5.53. The van der Waals surface area contributed by atoms with Gasteiger partial charge < -0.3 is 5.32 Å². The maximum Gasteiger partial charge on any atom is 0.148 e. The monoisotopic (exact) mass is 351 g/mol. The van der Waals surface area contributed by atoms with Crippen molar-refractivity contribution in [3.8, 4) is 0 Å². The van der Waals surface area contributed by atoms with Gasteiger partial charge in [-0.2, -0.15) is 0 Å². The largest absolute Gasteiger partial charge is 0.317 e. The Labute approximate surface area is 143 Å². The van der Waals surface area contributed by atoms with E-state index in [-0.39, 0.29) is 5.69 Å². The lowest BCUT2D eigenvalue weighted by Crippen LogP contribution is -2.33. The molecular formula is C17H22FN3O2S. The fourth-order valence-corrected chi connectivity index (χ4v) is 4.67. The minimum atomic E-state index is -3.35. The van der Waals surface area contributed by atoms with E-state index in [1.165, 1.54) is 10.4 Å². The molecule has 2 aromatic rings. The Bertz CT molecular complexity index is 714. The topological polar surface area (TPSA) is 59.0 Å². The number of benzene rings is 2. The maximum absolute atomic E-state index is 14.3. The third-order valence-electron chi connectivity index (χ3n) is 3.95. The number of hydrogen-bond acceptors (Lipinski definition) is 5. The molecule has 0 aromatic heterocycles. The lowest BCUT2D eigenvalue weighted by Gasteiger charge is -2.43. The smallest absolute Gasteiger partial charge is 0.148 e. The molecule has 0 fully saturated rings. The number of hydrogen-bond donors (Lipinski definition) is 3. The molecule has 3 rings (SSSR count). The van der Waals surface area contributed by atoms with Gasteiger partial charge in [-0.3, -0.25) is 13.4 Å². The first-order valence-electron chi connectivity index (χ1n) is 7.98. The van der Waals surface area contributed by atoms with E-state index in [0.717, 1.165) is 19.5 Å². The SMILES string of the molecule is CCNCCCN1c2ccccc2N(c2ccccc2F)S1(O)O. The molecule has 0 radical (unpaired) electrons. The van der Waals surface area contributed by atoms with Crippen molar-refractivity contribution in [2.45, 2.75) is 13.3 Å². The third-order valence-corrected chi connectivity index (χ3v) is 5.80. The normalized spacial score (nSPS) is 17.0. The fraction of sp³-hybridized carbons (Fsp3) is 0.294. The van der Waals surface area contributed by atoms with Gasteiger partial charge in [0.1, 0.15) is 11.5 Å². The van der Waals surface area contributed by atoms with Crippen molar-refractivity contribution in [3.05, 3.63) is 54.3 Å². The summed E-state index contributed by atoms with van der Waals surface area (Å²) in [4.78, 5) is 0. The van der Waals surface area contributed by atoms with Gasteiger partial charge in [0.05, 0.1) is 11.4 Å². The van der Waals surface area contributed by atoms with Crippen molar-refractivity contribution in [2.24, 2.45) is 0 Å². The molecule has 130 valence electrons. The van der Waals surface area contributed by atoms with Crippen LogP contribution >= 0.6 is 11.0 Å². The molecule has 0 atom stereocenters. The molecule has 5 nitrogen and oxygen atoms in total. The zero-order valence-corrected chi connectivity index (χ0v) is 14.3. The van der Waals surface area contributed by atoms with Crippen LogP contribution in [0, 0.1) is 5.82 Å². The number of anilines is 3. The van der Waals surface area contributed by atoms with Crippen molar-refractivity contribution < 1.29 is 13.5 Å². The molecular weight excluding hydrogens is 329 g/mol. The molecule has 0 spiro atoms. The molecule has 7 heteroatoms. The van der Waals surface area contributed by atoms with Gasteiger partial charge in [-0.15, -0.1) is 0 Å². The summed E-state index contributed by atoms with van der Waals surface area (Å²) in [7, 11) is -3.35. The van der Waals surface area contributed by atoms with Gasteiger partial charge in [0.25, 0.3) is 0 Å². The number of para-hydroxylation sites is 3. The first-order valence-corrected chi connectivity index (χ1v) is 9.44. The van der Waals surface area contributed by atoms with Crippen LogP contribution in [0.5, 0.6) is 0 Å². The lowest BCUT2D eigenvalue weighted by molar-refractivity contribution is 0.482. The highest BCUT2D eigenvalue weighted by Gasteiger charge is 2.42. The van der Waals surface area contributed by atoms with E-state index in [9.17, 15) is 13.5 Å². The first kappa shape index (κ1) is 17.0. The van der Waals surface area contributed by atoms with Crippen LogP contribution in [0.15, 0.2) is 48.5 Å². The molecule has 0 amide bonds. The Morgan fingerprint density at radius 1 is 1.00 bits per heavy atom. The standard InChI is InChI=1S/C17H22FN3O2S/c1-2-19-12-7-13-20-16-10-5-6-11-17(16)21(24(20,22)23)15-9-4-3-8-14(15)18/h3-6,8-11,19,22-23H,2,7,12-13H2,1H3. The zero-order valence-electron chi connectivity index (χ0n) is 13.5. The first-order chi connectivity index (χ1) is 11.6. The van der Waals surface area contributed by atoms with Gasteiger partial charge in [-0.25, -0.2) is 8.70 Å². The highest BCUT2D eigenvalue weighted by molar-refractivity contribution is 8.27. The Balaban J connectivity index is 1.97. The quantitative estimate of drug-likeness (QED) is 0.675. The van der Waals surface area contributed by atoms with Gasteiger partial charge in [-0.1, -0.05) is 31.2 Å². The molecule has 0 saturated heterocycles. The summed E-state index contributed by atoms with van der Waals surface area (Å²) in [6, 6.07) is 13.4. The Morgan fingerprint density at radius 2 is 1.62 bits per heavy atom. The number of nitrogens with zero attached hydrogens (tertiary/aromatic N) is 2. The molecule has 24 heavy (non-hydrogen) atoms. The van der Waals surface area contributed by atoms with Crippen LogP contribution in [0.2, 0.25) is 0 Å². The van der Waals surface area contributed by atoms with E-state index in [4.69, 9.17) is 0 Å². The van der Waals surface area contributed by atoms with Crippen LogP contribution in [-0.4, -0.2) is 28.7 Å². The second kappa shape index (κ2) is 6.98. The second-order valence-corrected chi connectivity index (χ2v) is 7.32. The summed E-state index contributed by atoms with van der Waals surface area (Å²) >= 11 is 0. The fourth-order valence-electron chi connectivity index (χ4n) is 2.85. The molecule has 0 bridgehead atoms. The predicted molar refractivity (Wildman–Crippen MR) is 98.3 cm³/mol. The number of halogens is 1. The minimum absolute atomic E-state index is 0.166. The molecule has 0 aliphatic carbocycles. The predicted octanol–water partition coefficient (Wildman–Crippen LogP) is 4.36. The van der Waals surface area contributed by atoms with Crippen LogP contribution in [0.1, 0.15) is 13.3 Å². The average Bonchev–Trinajstić information content (AvgIpc) is 2.79. The summed E-state index contributed by atoms with van der Waals surface area (Å²) in [6.07, 6.45) is 0.753. The van der Waals surface area contributed by atoms with Crippen LogP contribution in [0.4, 0.5) is 21.5 Å². The van der Waals surface area contributed by atoms with E-state index >= 15 is 0 Å². The zero-order chi connectivity index (χ0) is 17.2. The summed E-state index contributed by atoms with van der Waals surface area (Å²) < 4.78 is 38.9. The van der Waals surface area contributed by atoms with E-state index < -0.39 is 16.8 Å². The van der Waals surface area contributed by atoms with Gasteiger partial charge in [0, 0.05) is 6.54 Å². The molecule has 0 saturated carbocycles. The van der Waals surface area contributed by atoms with Crippen molar-refractivity contribution in [1.29, 1.82) is 0 Å². The van der Waals surface area contributed by atoms with Crippen LogP contribution in [-0.2, 0) is 0 Å². The number of rotatable bonds is 6. The van der Waals surface area contributed by atoms with Gasteiger partial charge >= 0.3 is 0 Å². The van der Waals surface area contributed by atoms with E-state index in [0.29, 0.717) is 17.9 Å². The summed E-state index contributed by atoms with van der Waals surface area (Å²) in [5, 5.41) is 3.22. The highest BCUT2D eigenvalue weighted by Crippen LogP contribution is 2.64. The van der Waals surface area contributed by atoms with Crippen LogP contribution < -0.4 is 13.9 Å². The van der Waals surface area contributed by atoms with Crippen molar-refractivity contribution in [3.63, 3.8) is 0 Å². The van der Waals surface area contributed by atoms with Crippen molar-refractivity contribution in [1.82, 2.24) is 5.32 Å². The maximum atomic E-state index is 14.3. The van der Waals surface area contributed by atoms with Gasteiger partial charge in [-0.05, 0) is 54.7 Å².